The number of hydrogen-bond acceptors (Lipinski definition) is 2. The van der Waals surface area contributed by atoms with Crippen LogP contribution >= 0.6 is 0 Å². The van der Waals surface area contributed by atoms with Crippen LogP contribution < -0.4 is 5.32 Å². The van der Waals surface area contributed by atoms with Crippen molar-refractivity contribution in [2.24, 2.45) is 0 Å². The van der Waals surface area contributed by atoms with Gasteiger partial charge in [-0.1, -0.05) is 5.92 Å². The minimum Gasteiger partial charge on any atom is -0.331 e. The number of carbonyl (C=O) groups excluding carboxylic acids is 1. The largest absolute Gasteiger partial charge is 0.331 e. The average molecular weight is 166 g/mol. The summed E-state index contributed by atoms with van der Waals surface area (Å²) >= 11 is 0. The smallest absolute Gasteiger partial charge is 0.298 e. The van der Waals surface area contributed by atoms with E-state index in [1.807, 2.05) is 7.05 Å². The molecule has 1 saturated heterocycles. The Morgan fingerprint density at radius 2 is 2.42 bits per heavy atom. The summed E-state index contributed by atoms with van der Waals surface area (Å²) in [6.07, 6.45) is 1.04. The monoisotopic (exact) mass is 166 g/mol. The number of nitrogens with one attached hydrogen (secondary N) is 1. The predicted molar refractivity (Wildman–Crippen MR) is 47.5 cm³/mol. The highest BCUT2D eigenvalue weighted by molar-refractivity contribution is 5.93. The highest BCUT2D eigenvalue weighted by Crippen LogP contribution is 2.05. The molecule has 0 aromatic carbocycles. The van der Waals surface area contributed by atoms with Crippen LogP contribution in [0.15, 0.2) is 0 Å². The van der Waals surface area contributed by atoms with Gasteiger partial charge in [0.25, 0.3) is 5.91 Å². The molecule has 66 valence electrons. The summed E-state index contributed by atoms with van der Waals surface area (Å²) in [6.45, 7) is 3.58. The Morgan fingerprint density at radius 1 is 1.67 bits per heavy atom. The molecule has 1 unspecified atom stereocenters. The molecule has 1 amide bonds. The molecule has 3 heteroatoms. The molecule has 1 rings (SSSR count). The van der Waals surface area contributed by atoms with Crippen molar-refractivity contribution >= 4 is 5.91 Å². The van der Waals surface area contributed by atoms with Crippen molar-refractivity contribution in [3.8, 4) is 11.8 Å². The first-order chi connectivity index (χ1) is 5.75. The maximum Gasteiger partial charge on any atom is 0.298 e. The van der Waals surface area contributed by atoms with Crippen LogP contribution in [0.2, 0.25) is 0 Å². The number of nitrogens with zero attached hydrogens (tertiary/aromatic N) is 1. The predicted octanol–water partition coefficient (Wildman–Crippen LogP) is -0.170. The van der Waals surface area contributed by atoms with Gasteiger partial charge in [-0.3, -0.25) is 4.79 Å². The Kier molecular flexibility index (Phi) is 3.12. The summed E-state index contributed by atoms with van der Waals surface area (Å²) in [6, 6.07) is 0.332. The number of hydrogen-bond donors (Lipinski definition) is 1. The van der Waals surface area contributed by atoms with Gasteiger partial charge in [-0.2, -0.15) is 0 Å². The van der Waals surface area contributed by atoms with Gasteiger partial charge in [-0.25, -0.2) is 0 Å². The van der Waals surface area contributed by atoms with E-state index in [1.54, 1.807) is 11.8 Å². The van der Waals surface area contributed by atoms with Crippen molar-refractivity contribution in [2.75, 3.05) is 20.1 Å². The van der Waals surface area contributed by atoms with Gasteiger partial charge in [0.05, 0.1) is 0 Å². The van der Waals surface area contributed by atoms with Gasteiger partial charge in [0, 0.05) is 19.6 Å². The molecular formula is C9H14N2O. The quantitative estimate of drug-likeness (QED) is 0.548. The zero-order chi connectivity index (χ0) is 8.97. The van der Waals surface area contributed by atoms with E-state index in [0.29, 0.717) is 6.04 Å². The summed E-state index contributed by atoms with van der Waals surface area (Å²) in [5.41, 5.74) is 0. The molecule has 0 aliphatic carbocycles. The van der Waals surface area contributed by atoms with E-state index >= 15 is 0 Å². The summed E-state index contributed by atoms with van der Waals surface area (Å²) in [5, 5.41) is 3.21. The van der Waals surface area contributed by atoms with Crippen LogP contribution in [-0.2, 0) is 4.79 Å². The molecular weight excluding hydrogens is 152 g/mol. The minimum absolute atomic E-state index is 0.0776. The Hall–Kier alpha value is -1.01. The first kappa shape index (κ1) is 9.08. The van der Waals surface area contributed by atoms with Crippen LogP contribution in [0.1, 0.15) is 13.3 Å². The second-order valence-electron chi connectivity index (χ2n) is 2.94. The number of carbonyl (C=O) groups is 1. The number of likely N-dealkylation sites (N-methyl/N-ethyl adjacent to an activating group) is 1. The second kappa shape index (κ2) is 4.13. The van der Waals surface area contributed by atoms with Crippen LogP contribution in [0.5, 0.6) is 0 Å². The maximum absolute atomic E-state index is 11.3. The normalized spacial score (nSPS) is 21.3. The summed E-state index contributed by atoms with van der Waals surface area (Å²) in [5.74, 6) is 5.06. The SMILES string of the molecule is CC#CC(=O)N(C)C1CCNC1. The average Bonchev–Trinajstić information content (AvgIpc) is 2.55. The van der Waals surface area contributed by atoms with Crippen LogP contribution in [0, 0.1) is 11.8 Å². The Morgan fingerprint density at radius 3 is 2.92 bits per heavy atom. The minimum atomic E-state index is -0.0776. The Balaban J connectivity index is 2.48. The summed E-state index contributed by atoms with van der Waals surface area (Å²) < 4.78 is 0. The molecule has 1 heterocycles. The van der Waals surface area contributed by atoms with Gasteiger partial charge in [0.2, 0.25) is 0 Å². The molecule has 0 bridgehead atoms. The van der Waals surface area contributed by atoms with Crippen LogP contribution in [0.4, 0.5) is 0 Å². The number of amides is 1. The molecule has 0 aromatic rings. The Bertz CT molecular complexity index is 220. The third-order valence-electron chi connectivity index (χ3n) is 2.13. The topological polar surface area (TPSA) is 32.3 Å². The van der Waals surface area contributed by atoms with Gasteiger partial charge in [0.1, 0.15) is 0 Å². The van der Waals surface area contributed by atoms with E-state index in [9.17, 15) is 4.79 Å². The van der Waals surface area contributed by atoms with Gasteiger partial charge in [0.15, 0.2) is 0 Å². The second-order valence-corrected chi connectivity index (χ2v) is 2.94. The molecule has 1 aliphatic heterocycles. The zero-order valence-corrected chi connectivity index (χ0v) is 7.55. The molecule has 1 fully saturated rings. The molecule has 1 aliphatic rings. The first-order valence-corrected chi connectivity index (χ1v) is 4.16. The maximum atomic E-state index is 11.3. The van der Waals surface area contributed by atoms with E-state index in [-0.39, 0.29) is 5.91 Å². The first-order valence-electron chi connectivity index (χ1n) is 4.16. The fourth-order valence-corrected chi connectivity index (χ4v) is 1.33. The van der Waals surface area contributed by atoms with Gasteiger partial charge in [-0.15, -0.1) is 0 Å². The lowest BCUT2D eigenvalue weighted by Crippen LogP contribution is -2.37. The van der Waals surface area contributed by atoms with E-state index in [4.69, 9.17) is 0 Å². The fourth-order valence-electron chi connectivity index (χ4n) is 1.33. The summed E-state index contributed by atoms with van der Waals surface area (Å²) in [7, 11) is 1.81. The third-order valence-corrected chi connectivity index (χ3v) is 2.13. The lowest BCUT2D eigenvalue weighted by atomic mass is 10.2. The lowest BCUT2D eigenvalue weighted by Gasteiger charge is -2.20. The van der Waals surface area contributed by atoms with Crippen molar-refractivity contribution in [3.05, 3.63) is 0 Å². The van der Waals surface area contributed by atoms with E-state index in [2.05, 4.69) is 17.2 Å². The fraction of sp³-hybridized carbons (Fsp3) is 0.667. The standard InChI is InChI=1S/C9H14N2O/c1-3-4-9(12)11(2)8-5-6-10-7-8/h8,10H,5-7H2,1-2H3. The highest BCUT2D eigenvalue weighted by atomic mass is 16.2. The zero-order valence-electron chi connectivity index (χ0n) is 7.55. The van der Waals surface area contributed by atoms with E-state index in [0.717, 1.165) is 19.5 Å². The number of rotatable bonds is 1. The van der Waals surface area contributed by atoms with Crippen molar-refractivity contribution < 1.29 is 4.79 Å². The van der Waals surface area contributed by atoms with Crippen molar-refractivity contribution in [1.82, 2.24) is 10.2 Å². The Labute approximate surface area is 73.1 Å². The highest BCUT2D eigenvalue weighted by Gasteiger charge is 2.21. The molecule has 0 radical (unpaired) electrons. The van der Waals surface area contributed by atoms with E-state index < -0.39 is 0 Å². The van der Waals surface area contributed by atoms with Crippen molar-refractivity contribution in [1.29, 1.82) is 0 Å². The van der Waals surface area contributed by atoms with Gasteiger partial charge >= 0.3 is 0 Å². The van der Waals surface area contributed by atoms with E-state index in [1.165, 1.54) is 0 Å². The van der Waals surface area contributed by atoms with Gasteiger partial charge < -0.3 is 10.2 Å². The van der Waals surface area contributed by atoms with Crippen molar-refractivity contribution in [3.63, 3.8) is 0 Å². The molecule has 1 atom stereocenters. The van der Waals surface area contributed by atoms with Crippen LogP contribution in [0.3, 0.4) is 0 Å². The van der Waals surface area contributed by atoms with Crippen LogP contribution in [0.25, 0.3) is 0 Å². The molecule has 0 aromatic heterocycles. The lowest BCUT2D eigenvalue weighted by molar-refractivity contribution is -0.125. The van der Waals surface area contributed by atoms with Gasteiger partial charge in [-0.05, 0) is 25.8 Å². The van der Waals surface area contributed by atoms with Crippen LogP contribution in [-0.4, -0.2) is 37.0 Å². The molecule has 1 N–H and O–H groups in total. The molecule has 0 spiro atoms. The van der Waals surface area contributed by atoms with Crippen molar-refractivity contribution in [2.45, 2.75) is 19.4 Å². The molecule has 0 saturated carbocycles. The molecule has 3 nitrogen and oxygen atoms in total. The molecule has 12 heavy (non-hydrogen) atoms. The third kappa shape index (κ3) is 1.99. The summed E-state index contributed by atoms with van der Waals surface area (Å²) in [4.78, 5) is 13.0.